The highest BCUT2D eigenvalue weighted by atomic mass is 127. The van der Waals surface area contributed by atoms with E-state index in [0.717, 1.165) is 6.67 Å². The Labute approximate surface area is 186 Å². The van der Waals surface area contributed by atoms with Gasteiger partial charge in [0.15, 0.2) is 0 Å². The van der Waals surface area contributed by atoms with Crippen LogP contribution < -0.4 is 9.80 Å². The minimum atomic E-state index is 0.788. The molecule has 5 rings (SSSR count). The number of rotatable bonds is 2. The van der Waals surface area contributed by atoms with Crippen LogP contribution in [0.25, 0.3) is 10.8 Å². The standard InChI is InChI=1S/C23H16I2N2/c24-17-9-1-3-11-19(17)26-15-27(20-12-4-2-10-18(20)25)22-14-6-8-16-7-5-13-21(26)23(16)22/h1-14H,15H2. The number of halogens is 2. The molecule has 0 atom stereocenters. The number of benzene rings is 4. The Kier molecular flexibility index (Phi) is 4.47. The van der Waals surface area contributed by atoms with Gasteiger partial charge in [0.1, 0.15) is 6.67 Å². The largest absolute Gasteiger partial charge is 0.321 e. The third-order valence-corrected chi connectivity index (χ3v) is 6.84. The van der Waals surface area contributed by atoms with Gasteiger partial charge in [-0.1, -0.05) is 48.5 Å². The average Bonchev–Trinajstić information content (AvgIpc) is 2.70. The second-order valence-electron chi connectivity index (χ2n) is 6.55. The molecule has 0 spiro atoms. The lowest BCUT2D eigenvalue weighted by atomic mass is 10.0. The van der Waals surface area contributed by atoms with E-state index in [1.807, 2.05) is 0 Å². The first-order valence-corrected chi connectivity index (χ1v) is 11.0. The van der Waals surface area contributed by atoms with Gasteiger partial charge in [0.2, 0.25) is 0 Å². The number of para-hydroxylation sites is 2. The minimum absolute atomic E-state index is 0.788. The van der Waals surface area contributed by atoms with Crippen molar-refractivity contribution in [2.75, 3.05) is 16.5 Å². The third-order valence-electron chi connectivity index (χ3n) is 5.01. The first-order valence-electron chi connectivity index (χ1n) is 8.80. The molecule has 0 amide bonds. The van der Waals surface area contributed by atoms with Crippen molar-refractivity contribution in [3.05, 3.63) is 92.1 Å². The number of hydrogen-bond donors (Lipinski definition) is 0. The monoisotopic (exact) mass is 574 g/mol. The molecule has 1 aliphatic heterocycles. The summed E-state index contributed by atoms with van der Waals surface area (Å²) in [6.07, 6.45) is 0. The summed E-state index contributed by atoms with van der Waals surface area (Å²) < 4.78 is 2.52. The summed E-state index contributed by atoms with van der Waals surface area (Å²) in [6, 6.07) is 30.4. The van der Waals surface area contributed by atoms with Crippen molar-refractivity contribution in [2.24, 2.45) is 0 Å². The smallest absolute Gasteiger partial charge is 0.100 e. The Morgan fingerprint density at radius 3 is 1.44 bits per heavy atom. The highest BCUT2D eigenvalue weighted by Crippen LogP contribution is 2.46. The van der Waals surface area contributed by atoms with E-state index in [2.05, 4.69) is 140 Å². The van der Waals surface area contributed by atoms with Crippen LogP contribution in [0.15, 0.2) is 84.9 Å². The van der Waals surface area contributed by atoms with E-state index >= 15 is 0 Å². The van der Waals surface area contributed by atoms with Crippen molar-refractivity contribution in [2.45, 2.75) is 0 Å². The number of hydrogen-bond acceptors (Lipinski definition) is 2. The fourth-order valence-electron chi connectivity index (χ4n) is 3.80. The topological polar surface area (TPSA) is 6.48 Å². The Bertz CT molecular complexity index is 1070. The summed E-state index contributed by atoms with van der Waals surface area (Å²) in [4.78, 5) is 4.86. The summed E-state index contributed by atoms with van der Waals surface area (Å²) in [7, 11) is 0. The fourth-order valence-corrected chi connectivity index (χ4v) is 5.16. The Morgan fingerprint density at radius 2 is 0.963 bits per heavy atom. The van der Waals surface area contributed by atoms with E-state index in [-0.39, 0.29) is 0 Å². The molecular formula is C23H16I2N2. The second-order valence-corrected chi connectivity index (χ2v) is 8.88. The maximum Gasteiger partial charge on any atom is 0.100 e. The van der Waals surface area contributed by atoms with Gasteiger partial charge in [-0.3, -0.25) is 0 Å². The molecule has 1 aliphatic rings. The molecule has 0 unspecified atom stereocenters. The van der Waals surface area contributed by atoms with Gasteiger partial charge in [-0.25, -0.2) is 0 Å². The van der Waals surface area contributed by atoms with Gasteiger partial charge in [0.05, 0.1) is 22.7 Å². The molecule has 1 heterocycles. The van der Waals surface area contributed by atoms with E-state index in [1.54, 1.807) is 0 Å². The minimum Gasteiger partial charge on any atom is -0.321 e. The molecule has 132 valence electrons. The summed E-state index contributed by atoms with van der Waals surface area (Å²) >= 11 is 4.87. The second kappa shape index (κ2) is 6.98. The van der Waals surface area contributed by atoms with Crippen LogP contribution in [0.1, 0.15) is 0 Å². The zero-order valence-electron chi connectivity index (χ0n) is 14.4. The predicted octanol–water partition coefficient (Wildman–Crippen LogP) is 7.30. The van der Waals surface area contributed by atoms with Crippen LogP contribution in [0, 0.1) is 7.14 Å². The van der Waals surface area contributed by atoms with E-state index in [4.69, 9.17) is 0 Å². The first-order chi connectivity index (χ1) is 13.2. The van der Waals surface area contributed by atoms with Crippen LogP contribution in [-0.4, -0.2) is 6.67 Å². The molecule has 0 radical (unpaired) electrons. The molecule has 0 bridgehead atoms. The van der Waals surface area contributed by atoms with Gasteiger partial charge in [0, 0.05) is 12.5 Å². The Hall–Kier alpha value is -1.80. The van der Waals surface area contributed by atoms with Crippen LogP contribution in [0.2, 0.25) is 0 Å². The fraction of sp³-hybridized carbons (Fsp3) is 0.0435. The molecule has 4 aromatic carbocycles. The van der Waals surface area contributed by atoms with E-state index in [1.165, 1.54) is 40.7 Å². The molecule has 27 heavy (non-hydrogen) atoms. The lowest BCUT2D eigenvalue weighted by molar-refractivity contribution is 0.913. The normalized spacial score (nSPS) is 13.3. The van der Waals surface area contributed by atoms with Gasteiger partial charge < -0.3 is 9.80 Å². The average molecular weight is 574 g/mol. The lowest BCUT2D eigenvalue weighted by Crippen LogP contribution is -2.36. The van der Waals surface area contributed by atoms with Crippen molar-refractivity contribution in [1.29, 1.82) is 0 Å². The summed E-state index contributed by atoms with van der Waals surface area (Å²) in [6.45, 7) is 0.788. The molecule has 0 fully saturated rings. The van der Waals surface area contributed by atoms with Crippen molar-refractivity contribution < 1.29 is 0 Å². The van der Waals surface area contributed by atoms with Gasteiger partial charge >= 0.3 is 0 Å². The molecule has 0 N–H and O–H groups in total. The van der Waals surface area contributed by atoms with Crippen molar-refractivity contribution in [1.82, 2.24) is 0 Å². The third kappa shape index (κ3) is 2.89. The zero-order chi connectivity index (χ0) is 18.4. The molecule has 4 heteroatoms. The van der Waals surface area contributed by atoms with E-state index in [9.17, 15) is 0 Å². The summed E-state index contributed by atoms with van der Waals surface area (Å²) in [5.41, 5.74) is 5.04. The zero-order valence-corrected chi connectivity index (χ0v) is 18.8. The highest BCUT2D eigenvalue weighted by Gasteiger charge is 2.27. The quantitative estimate of drug-likeness (QED) is 0.232. The van der Waals surface area contributed by atoms with Gasteiger partial charge in [0.25, 0.3) is 0 Å². The van der Waals surface area contributed by atoms with E-state index in [0.29, 0.717) is 0 Å². The molecule has 0 saturated heterocycles. The maximum absolute atomic E-state index is 2.44. The first kappa shape index (κ1) is 17.3. The van der Waals surface area contributed by atoms with Crippen molar-refractivity contribution in [3.63, 3.8) is 0 Å². The van der Waals surface area contributed by atoms with E-state index < -0.39 is 0 Å². The molecule has 0 aromatic heterocycles. The summed E-state index contributed by atoms with van der Waals surface area (Å²) in [5.74, 6) is 0. The molecule has 4 aromatic rings. The van der Waals surface area contributed by atoms with Crippen LogP contribution in [0.5, 0.6) is 0 Å². The van der Waals surface area contributed by atoms with Gasteiger partial charge in [-0.2, -0.15) is 0 Å². The number of nitrogens with zero attached hydrogens (tertiary/aromatic N) is 2. The summed E-state index contributed by atoms with van der Waals surface area (Å²) in [5, 5.41) is 2.59. The Balaban J connectivity index is 1.81. The molecule has 0 saturated carbocycles. The van der Waals surface area contributed by atoms with Crippen LogP contribution in [-0.2, 0) is 0 Å². The van der Waals surface area contributed by atoms with Crippen molar-refractivity contribution >= 4 is 78.7 Å². The maximum atomic E-state index is 2.44. The highest BCUT2D eigenvalue weighted by molar-refractivity contribution is 14.1. The molecular weight excluding hydrogens is 558 g/mol. The SMILES string of the molecule is Ic1ccccc1N1CN(c2ccccc2I)c2cccc3cccc1c23. The van der Waals surface area contributed by atoms with Gasteiger partial charge in [-0.15, -0.1) is 0 Å². The van der Waals surface area contributed by atoms with Crippen molar-refractivity contribution in [3.8, 4) is 0 Å². The van der Waals surface area contributed by atoms with Crippen LogP contribution in [0.3, 0.4) is 0 Å². The number of anilines is 4. The molecule has 0 aliphatic carbocycles. The van der Waals surface area contributed by atoms with Crippen LogP contribution in [0.4, 0.5) is 22.7 Å². The van der Waals surface area contributed by atoms with Crippen LogP contribution >= 0.6 is 45.2 Å². The molecule has 2 nitrogen and oxygen atoms in total. The predicted molar refractivity (Wildman–Crippen MR) is 131 cm³/mol. The van der Waals surface area contributed by atoms with Gasteiger partial charge in [-0.05, 0) is 87.0 Å². The Morgan fingerprint density at radius 1 is 0.519 bits per heavy atom. The lowest BCUT2D eigenvalue weighted by Gasteiger charge is -2.40.